The van der Waals surface area contributed by atoms with Crippen molar-refractivity contribution in [1.29, 1.82) is 0 Å². The lowest BCUT2D eigenvalue weighted by atomic mass is 10.0. The fraction of sp³-hybridized carbons (Fsp3) is 0.429. The van der Waals surface area contributed by atoms with Gasteiger partial charge in [0.1, 0.15) is 5.52 Å². The molecule has 1 unspecified atom stereocenters. The lowest BCUT2D eigenvalue weighted by Crippen LogP contribution is -2.53. The van der Waals surface area contributed by atoms with Crippen molar-refractivity contribution in [3.05, 3.63) is 29.7 Å². The summed E-state index contributed by atoms with van der Waals surface area (Å²) in [4.78, 5) is 18.9. The van der Waals surface area contributed by atoms with Gasteiger partial charge in [-0.1, -0.05) is 0 Å². The minimum Gasteiger partial charge on any atom is -0.441 e. The zero-order valence-electron chi connectivity index (χ0n) is 11.1. The highest BCUT2D eigenvalue weighted by Crippen LogP contribution is 2.18. The molecule has 1 aromatic heterocycles. The molecule has 1 saturated heterocycles. The second-order valence-corrected chi connectivity index (χ2v) is 4.98. The van der Waals surface area contributed by atoms with Crippen LogP contribution in [0.2, 0.25) is 0 Å². The summed E-state index contributed by atoms with van der Waals surface area (Å²) in [5.74, 6) is 0.758. The highest BCUT2D eigenvalue weighted by molar-refractivity contribution is 6.02. The molecule has 5 heteroatoms. The van der Waals surface area contributed by atoms with Crippen molar-refractivity contribution in [2.24, 2.45) is 0 Å². The second kappa shape index (κ2) is 4.75. The third kappa shape index (κ3) is 2.27. The van der Waals surface area contributed by atoms with Gasteiger partial charge in [0.05, 0.1) is 6.04 Å². The van der Waals surface area contributed by atoms with E-state index in [1.807, 2.05) is 25.2 Å². The lowest BCUT2D eigenvalue weighted by Gasteiger charge is -2.31. The summed E-state index contributed by atoms with van der Waals surface area (Å²) < 4.78 is 5.42. The maximum Gasteiger partial charge on any atom is 0.192 e. The van der Waals surface area contributed by atoms with Crippen molar-refractivity contribution in [1.82, 2.24) is 15.2 Å². The lowest BCUT2D eigenvalue weighted by molar-refractivity contribution is 0.0819. The van der Waals surface area contributed by atoms with Crippen LogP contribution >= 0.6 is 0 Å². The molecule has 1 atom stereocenters. The van der Waals surface area contributed by atoms with E-state index in [1.165, 1.54) is 0 Å². The van der Waals surface area contributed by atoms with E-state index in [-0.39, 0.29) is 11.8 Å². The molecule has 3 rings (SSSR count). The summed E-state index contributed by atoms with van der Waals surface area (Å²) in [6.07, 6.45) is 0. The Labute approximate surface area is 111 Å². The van der Waals surface area contributed by atoms with Crippen LogP contribution in [0, 0.1) is 6.92 Å². The number of oxazole rings is 1. The number of likely N-dealkylation sites (N-methyl/N-ethyl adjacent to an activating group) is 1. The van der Waals surface area contributed by atoms with Gasteiger partial charge in [-0.05, 0) is 25.2 Å². The van der Waals surface area contributed by atoms with Gasteiger partial charge in [-0.15, -0.1) is 0 Å². The predicted octanol–water partition coefficient (Wildman–Crippen LogP) is 1.22. The molecule has 5 nitrogen and oxygen atoms in total. The first-order chi connectivity index (χ1) is 9.15. The van der Waals surface area contributed by atoms with Crippen LogP contribution in [-0.2, 0) is 0 Å². The second-order valence-electron chi connectivity index (χ2n) is 4.98. The number of fused-ring (bicyclic) bond motifs is 1. The predicted molar refractivity (Wildman–Crippen MR) is 72.4 cm³/mol. The summed E-state index contributed by atoms with van der Waals surface area (Å²) in [5, 5.41) is 3.26. The van der Waals surface area contributed by atoms with Gasteiger partial charge >= 0.3 is 0 Å². The summed E-state index contributed by atoms with van der Waals surface area (Å²) in [5.41, 5.74) is 2.17. The van der Waals surface area contributed by atoms with Gasteiger partial charge < -0.3 is 9.73 Å². The number of ketones is 1. The minimum absolute atomic E-state index is 0.0980. The Morgan fingerprint density at radius 1 is 1.53 bits per heavy atom. The van der Waals surface area contributed by atoms with Gasteiger partial charge in [0, 0.05) is 32.1 Å². The van der Waals surface area contributed by atoms with Crippen LogP contribution in [0.25, 0.3) is 11.1 Å². The van der Waals surface area contributed by atoms with Crippen LogP contribution in [0.3, 0.4) is 0 Å². The van der Waals surface area contributed by atoms with E-state index >= 15 is 0 Å². The molecular formula is C14H17N3O2. The number of hydrogen-bond acceptors (Lipinski definition) is 5. The van der Waals surface area contributed by atoms with Crippen molar-refractivity contribution >= 4 is 16.9 Å². The van der Waals surface area contributed by atoms with Gasteiger partial charge in [0.2, 0.25) is 0 Å². The molecule has 0 aliphatic carbocycles. The number of nitrogens with zero attached hydrogens (tertiary/aromatic N) is 2. The molecule has 2 aromatic rings. The van der Waals surface area contributed by atoms with E-state index in [0.717, 1.165) is 24.2 Å². The van der Waals surface area contributed by atoms with E-state index in [2.05, 4.69) is 15.2 Å². The Balaban J connectivity index is 1.92. The van der Waals surface area contributed by atoms with E-state index in [9.17, 15) is 4.79 Å². The molecule has 0 spiro atoms. The van der Waals surface area contributed by atoms with E-state index in [1.54, 1.807) is 6.92 Å². The Hall–Kier alpha value is -1.72. The fourth-order valence-electron chi connectivity index (χ4n) is 2.49. The first-order valence-electron chi connectivity index (χ1n) is 6.47. The van der Waals surface area contributed by atoms with E-state index in [0.29, 0.717) is 18.0 Å². The monoisotopic (exact) mass is 259 g/mol. The van der Waals surface area contributed by atoms with Gasteiger partial charge in [0.15, 0.2) is 17.3 Å². The van der Waals surface area contributed by atoms with Crippen molar-refractivity contribution in [3.63, 3.8) is 0 Å². The number of carbonyl (C=O) groups excluding carboxylic acids is 1. The molecule has 0 radical (unpaired) electrons. The van der Waals surface area contributed by atoms with Gasteiger partial charge in [0.25, 0.3) is 0 Å². The zero-order valence-corrected chi connectivity index (χ0v) is 11.1. The maximum atomic E-state index is 12.5. The molecule has 2 heterocycles. The van der Waals surface area contributed by atoms with E-state index in [4.69, 9.17) is 4.42 Å². The van der Waals surface area contributed by atoms with Crippen molar-refractivity contribution < 1.29 is 9.21 Å². The summed E-state index contributed by atoms with van der Waals surface area (Å²) in [7, 11) is 1.99. The maximum absolute atomic E-state index is 12.5. The Morgan fingerprint density at radius 2 is 2.37 bits per heavy atom. The van der Waals surface area contributed by atoms with Gasteiger partial charge in [-0.2, -0.15) is 0 Å². The normalized spacial score (nSPS) is 20.8. The topological polar surface area (TPSA) is 58.4 Å². The van der Waals surface area contributed by atoms with Gasteiger partial charge in [-0.25, -0.2) is 4.98 Å². The zero-order chi connectivity index (χ0) is 13.4. The third-order valence-electron chi connectivity index (χ3n) is 3.59. The van der Waals surface area contributed by atoms with Crippen molar-refractivity contribution in [2.45, 2.75) is 13.0 Å². The highest BCUT2D eigenvalue weighted by atomic mass is 16.3. The van der Waals surface area contributed by atoms with Crippen LogP contribution in [0.5, 0.6) is 0 Å². The molecule has 100 valence electrons. The molecular weight excluding hydrogens is 242 g/mol. The smallest absolute Gasteiger partial charge is 0.192 e. The van der Waals surface area contributed by atoms with Gasteiger partial charge in [-0.3, -0.25) is 9.69 Å². The number of carbonyl (C=O) groups is 1. The Bertz CT molecular complexity index is 620. The number of nitrogens with one attached hydrogen (secondary N) is 1. The van der Waals surface area contributed by atoms with Crippen LogP contribution in [0.1, 0.15) is 16.2 Å². The third-order valence-corrected chi connectivity index (χ3v) is 3.59. The highest BCUT2D eigenvalue weighted by Gasteiger charge is 2.26. The minimum atomic E-state index is -0.0980. The van der Waals surface area contributed by atoms with Crippen molar-refractivity contribution in [3.8, 4) is 0 Å². The molecule has 1 aliphatic heterocycles. The molecule has 0 bridgehead atoms. The largest absolute Gasteiger partial charge is 0.441 e. The molecule has 1 aliphatic rings. The molecule has 1 aromatic carbocycles. The van der Waals surface area contributed by atoms with Crippen LogP contribution in [-0.4, -0.2) is 48.4 Å². The standard InChI is InChI=1S/C14H17N3O2/c1-9-16-11-7-10(3-4-13(11)19-9)14(18)12-8-15-5-6-17(12)2/h3-4,7,12,15H,5-6,8H2,1-2H3. The Morgan fingerprint density at radius 3 is 3.16 bits per heavy atom. The number of piperazine rings is 1. The Kier molecular flexibility index (Phi) is 3.08. The molecule has 19 heavy (non-hydrogen) atoms. The van der Waals surface area contributed by atoms with Crippen LogP contribution < -0.4 is 5.32 Å². The number of aryl methyl sites for hydroxylation is 1. The number of hydrogen-bond donors (Lipinski definition) is 1. The van der Waals surface area contributed by atoms with Crippen LogP contribution in [0.4, 0.5) is 0 Å². The average Bonchev–Trinajstić information content (AvgIpc) is 2.77. The first kappa shape index (κ1) is 12.3. The average molecular weight is 259 g/mol. The first-order valence-corrected chi connectivity index (χ1v) is 6.47. The summed E-state index contributed by atoms with van der Waals surface area (Å²) in [6.45, 7) is 4.33. The summed E-state index contributed by atoms with van der Waals surface area (Å²) >= 11 is 0. The number of aromatic nitrogens is 1. The number of benzene rings is 1. The SMILES string of the molecule is Cc1nc2cc(C(=O)C3CNCCN3C)ccc2o1. The quantitative estimate of drug-likeness (QED) is 0.822. The summed E-state index contributed by atoms with van der Waals surface area (Å²) in [6, 6.07) is 5.35. The molecule has 0 amide bonds. The molecule has 1 fully saturated rings. The fourth-order valence-corrected chi connectivity index (χ4v) is 2.49. The van der Waals surface area contributed by atoms with Crippen LogP contribution in [0.15, 0.2) is 22.6 Å². The van der Waals surface area contributed by atoms with Crippen molar-refractivity contribution in [2.75, 3.05) is 26.7 Å². The molecule has 1 N–H and O–H groups in total. The molecule has 0 saturated carbocycles. The number of rotatable bonds is 2. The number of Topliss-reactive ketones (excluding diaryl/α,β-unsaturated/α-hetero) is 1. The van der Waals surface area contributed by atoms with E-state index < -0.39 is 0 Å².